The molecule has 8 heteroatoms. The van der Waals surface area contributed by atoms with E-state index in [-0.39, 0.29) is 11.5 Å². The molecule has 0 fully saturated rings. The number of amides is 1. The van der Waals surface area contributed by atoms with Crippen LogP contribution < -0.4 is 15.0 Å². The Balaban J connectivity index is 1.22. The van der Waals surface area contributed by atoms with Crippen LogP contribution in [-0.4, -0.2) is 44.6 Å². The number of aromatic nitrogens is 3. The number of hydrogen-bond donors (Lipinski definition) is 0. The Morgan fingerprint density at radius 1 is 0.912 bits per heavy atom. The Labute approximate surface area is 196 Å². The van der Waals surface area contributed by atoms with Gasteiger partial charge < -0.3 is 23.5 Å². The predicted octanol–water partition coefficient (Wildman–Crippen LogP) is 3.67. The van der Waals surface area contributed by atoms with Crippen molar-refractivity contribution in [3.63, 3.8) is 0 Å². The van der Waals surface area contributed by atoms with Crippen LogP contribution in [0.25, 0.3) is 5.69 Å². The molecule has 0 N–H and O–H groups in total. The van der Waals surface area contributed by atoms with Gasteiger partial charge in [0.05, 0.1) is 18.6 Å². The first-order chi connectivity index (χ1) is 16.6. The van der Waals surface area contributed by atoms with Gasteiger partial charge in [-0.25, -0.2) is 4.98 Å². The molecule has 4 aromatic rings. The van der Waals surface area contributed by atoms with E-state index in [9.17, 15) is 9.59 Å². The molecule has 0 saturated heterocycles. The van der Waals surface area contributed by atoms with Crippen molar-refractivity contribution in [3.05, 3.63) is 101 Å². The summed E-state index contributed by atoms with van der Waals surface area (Å²) in [7, 11) is 0. The molecule has 1 aliphatic rings. The summed E-state index contributed by atoms with van der Waals surface area (Å²) < 4.78 is 14.9. The van der Waals surface area contributed by atoms with Gasteiger partial charge in [0.2, 0.25) is 0 Å². The Kier molecular flexibility index (Phi) is 5.86. The summed E-state index contributed by atoms with van der Waals surface area (Å²) in [6, 6.07) is 20.3. The summed E-state index contributed by atoms with van der Waals surface area (Å²) in [5.41, 5.74) is 1.48. The van der Waals surface area contributed by atoms with E-state index in [1.54, 1.807) is 34.1 Å². The lowest BCUT2D eigenvalue weighted by atomic mass is 10.2. The SMILES string of the molecule is Cc1cn(-c2ccc3n(c2=O)CCN(CCOc2cccc(Oc4ccccc4)c2)C3=O)cn1. The van der Waals surface area contributed by atoms with Crippen LogP contribution in [-0.2, 0) is 6.54 Å². The largest absolute Gasteiger partial charge is 0.492 e. The zero-order valence-electron chi connectivity index (χ0n) is 18.8. The van der Waals surface area contributed by atoms with E-state index >= 15 is 0 Å². The molecule has 0 unspecified atom stereocenters. The van der Waals surface area contributed by atoms with Gasteiger partial charge in [-0.1, -0.05) is 24.3 Å². The summed E-state index contributed by atoms with van der Waals surface area (Å²) in [6.45, 7) is 3.49. The number of rotatable bonds is 7. The number of pyridine rings is 1. The van der Waals surface area contributed by atoms with E-state index in [1.165, 1.54) is 4.57 Å². The second-order valence-electron chi connectivity index (χ2n) is 8.01. The predicted molar refractivity (Wildman–Crippen MR) is 127 cm³/mol. The summed E-state index contributed by atoms with van der Waals surface area (Å²) in [5.74, 6) is 1.91. The highest BCUT2D eigenvalue weighted by Crippen LogP contribution is 2.25. The Bertz CT molecular complexity index is 1380. The molecule has 1 aliphatic heterocycles. The van der Waals surface area contributed by atoms with E-state index in [4.69, 9.17) is 9.47 Å². The fourth-order valence-electron chi connectivity index (χ4n) is 3.95. The monoisotopic (exact) mass is 456 g/mol. The average molecular weight is 457 g/mol. The van der Waals surface area contributed by atoms with Crippen molar-refractivity contribution in [1.29, 1.82) is 0 Å². The van der Waals surface area contributed by atoms with Crippen LogP contribution in [0, 0.1) is 6.92 Å². The van der Waals surface area contributed by atoms with Gasteiger partial charge >= 0.3 is 0 Å². The first-order valence-corrected chi connectivity index (χ1v) is 11.1. The van der Waals surface area contributed by atoms with Crippen molar-refractivity contribution in [1.82, 2.24) is 19.0 Å². The van der Waals surface area contributed by atoms with Crippen LogP contribution in [0.4, 0.5) is 0 Å². The van der Waals surface area contributed by atoms with Gasteiger partial charge in [-0.2, -0.15) is 0 Å². The number of carbonyl (C=O) groups excluding carboxylic acids is 1. The number of para-hydroxylation sites is 1. The molecule has 2 aromatic carbocycles. The lowest BCUT2D eigenvalue weighted by molar-refractivity contribution is 0.0673. The normalized spacial score (nSPS) is 13.0. The molecule has 1 amide bonds. The van der Waals surface area contributed by atoms with Crippen LogP contribution in [0.15, 0.2) is 84.0 Å². The van der Waals surface area contributed by atoms with Gasteiger partial charge in [0.25, 0.3) is 11.5 Å². The first-order valence-electron chi connectivity index (χ1n) is 11.1. The Morgan fingerprint density at radius 2 is 1.71 bits per heavy atom. The Hall–Kier alpha value is -4.33. The van der Waals surface area contributed by atoms with E-state index in [0.717, 1.165) is 11.4 Å². The maximum Gasteiger partial charge on any atom is 0.275 e. The number of nitrogens with zero attached hydrogens (tertiary/aromatic N) is 4. The maximum atomic E-state index is 13.0. The lowest BCUT2D eigenvalue weighted by Gasteiger charge is -2.29. The maximum absolute atomic E-state index is 13.0. The number of carbonyl (C=O) groups is 1. The standard InChI is InChI=1S/C26H24N4O4/c1-19-17-29(18-27-19)23-10-11-24-25(31)28(12-13-30(24)26(23)32)14-15-33-21-8-5-9-22(16-21)34-20-6-3-2-4-7-20/h2-11,16-18H,12-15H2,1H3. The highest BCUT2D eigenvalue weighted by molar-refractivity contribution is 5.93. The van der Waals surface area contributed by atoms with E-state index in [2.05, 4.69) is 4.98 Å². The van der Waals surface area contributed by atoms with Crippen molar-refractivity contribution in [3.8, 4) is 22.9 Å². The van der Waals surface area contributed by atoms with E-state index in [1.807, 2.05) is 61.5 Å². The van der Waals surface area contributed by atoms with Crippen molar-refractivity contribution >= 4 is 5.91 Å². The minimum absolute atomic E-state index is 0.179. The molecule has 0 radical (unpaired) electrons. The number of hydrogen-bond acceptors (Lipinski definition) is 5. The summed E-state index contributed by atoms with van der Waals surface area (Å²) in [4.78, 5) is 31.8. The van der Waals surface area contributed by atoms with Crippen LogP contribution in [0.5, 0.6) is 17.2 Å². The van der Waals surface area contributed by atoms with Gasteiger partial charge in [0.15, 0.2) is 0 Å². The minimum atomic E-state index is -0.200. The third kappa shape index (κ3) is 4.43. The van der Waals surface area contributed by atoms with Crippen LogP contribution >= 0.6 is 0 Å². The molecular weight excluding hydrogens is 432 g/mol. The van der Waals surface area contributed by atoms with Gasteiger partial charge in [-0.3, -0.25) is 9.59 Å². The van der Waals surface area contributed by atoms with Crippen molar-refractivity contribution in [2.75, 3.05) is 19.7 Å². The minimum Gasteiger partial charge on any atom is -0.492 e. The molecule has 172 valence electrons. The number of fused-ring (bicyclic) bond motifs is 1. The summed E-state index contributed by atoms with van der Waals surface area (Å²) in [6.07, 6.45) is 3.39. The van der Waals surface area contributed by atoms with Gasteiger partial charge in [-0.05, 0) is 43.3 Å². The van der Waals surface area contributed by atoms with E-state index < -0.39 is 0 Å². The van der Waals surface area contributed by atoms with Crippen molar-refractivity contribution in [2.45, 2.75) is 13.5 Å². The fourth-order valence-corrected chi connectivity index (χ4v) is 3.95. The second kappa shape index (κ2) is 9.27. The molecule has 0 atom stereocenters. The molecule has 34 heavy (non-hydrogen) atoms. The summed E-state index contributed by atoms with van der Waals surface area (Å²) >= 11 is 0. The quantitative estimate of drug-likeness (QED) is 0.424. The number of imidazole rings is 1. The molecular formula is C26H24N4O4. The summed E-state index contributed by atoms with van der Waals surface area (Å²) in [5, 5.41) is 0. The molecule has 2 aromatic heterocycles. The van der Waals surface area contributed by atoms with Crippen molar-refractivity contribution in [2.24, 2.45) is 0 Å². The highest BCUT2D eigenvalue weighted by atomic mass is 16.5. The zero-order chi connectivity index (χ0) is 23.5. The van der Waals surface area contributed by atoms with Gasteiger partial charge in [0, 0.05) is 25.4 Å². The highest BCUT2D eigenvalue weighted by Gasteiger charge is 2.26. The average Bonchev–Trinajstić information content (AvgIpc) is 3.28. The van der Waals surface area contributed by atoms with Crippen LogP contribution in [0.1, 0.15) is 16.2 Å². The van der Waals surface area contributed by atoms with Crippen LogP contribution in [0.3, 0.4) is 0 Å². The smallest absolute Gasteiger partial charge is 0.275 e. The van der Waals surface area contributed by atoms with Crippen LogP contribution in [0.2, 0.25) is 0 Å². The molecule has 0 bridgehead atoms. The van der Waals surface area contributed by atoms with Gasteiger partial charge in [0.1, 0.15) is 35.2 Å². The molecule has 0 spiro atoms. The molecule has 0 saturated carbocycles. The molecule has 0 aliphatic carbocycles. The molecule has 8 nitrogen and oxygen atoms in total. The fraction of sp³-hybridized carbons (Fsp3) is 0.192. The second-order valence-corrected chi connectivity index (χ2v) is 8.01. The Morgan fingerprint density at radius 3 is 2.50 bits per heavy atom. The van der Waals surface area contributed by atoms with Gasteiger partial charge in [-0.15, -0.1) is 0 Å². The topological polar surface area (TPSA) is 78.6 Å². The zero-order valence-corrected chi connectivity index (χ0v) is 18.8. The number of aryl methyl sites for hydroxylation is 1. The van der Waals surface area contributed by atoms with E-state index in [0.29, 0.717) is 49.1 Å². The lowest BCUT2D eigenvalue weighted by Crippen LogP contribution is -2.46. The number of benzene rings is 2. The van der Waals surface area contributed by atoms with Crippen molar-refractivity contribution < 1.29 is 14.3 Å². The molecule has 5 rings (SSSR count). The number of ether oxygens (including phenoxy) is 2. The third-order valence-corrected chi connectivity index (χ3v) is 5.66. The first kappa shape index (κ1) is 21.5. The molecule has 3 heterocycles. The third-order valence-electron chi connectivity index (χ3n) is 5.66.